The lowest BCUT2D eigenvalue weighted by atomic mass is 10.2. The van der Waals surface area contributed by atoms with E-state index in [1.807, 2.05) is 18.2 Å². The van der Waals surface area contributed by atoms with Gasteiger partial charge in [0.25, 0.3) is 0 Å². The van der Waals surface area contributed by atoms with Gasteiger partial charge in [0.05, 0.1) is 0 Å². The zero-order valence-corrected chi connectivity index (χ0v) is 11.0. The highest BCUT2D eigenvalue weighted by Gasteiger charge is 2.25. The summed E-state index contributed by atoms with van der Waals surface area (Å²) in [5.74, 6) is 1.60. The monoisotopic (exact) mass is 268 g/mol. The van der Waals surface area contributed by atoms with Gasteiger partial charge in [-0.2, -0.15) is 0 Å². The Hall–Kier alpha value is -2.01. The maximum Gasteiger partial charge on any atom is 0.163 e. The molecule has 0 N–H and O–H groups in total. The lowest BCUT2D eigenvalue weighted by Gasteiger charge is -2.12. The SMILES string of the molecule is C1=NC2=NC=NC2C(SC/C=C/c2ccccc2)=N1. The third-order valence-corrected chi connectivity index (χ3v) is 3.68. The molecule has 19 heavy (non-hydrogen) atoms. The molecule has 2 aliphatic heterocycles. The van der Waals surface area contributed by atoms with E-state index < -0.39 is 0 Å². The predicted molar refractivity (Wildman–Crippen MR) is 83.6 cm³/mol. The fraction of sp³-hybridized carbons (Fsp3) is 0.143. The summed E-state index contributed by atoms with van der Waals surface area (Å²) < 4.78 is 0. The Morgan fingerprint density at radius 2 is 2.00 bits per heavy atom. The van der Waals surface area contributed by atoms with Crippen molar-refractivity contribution in [3.05, 3.63) is 42.0 Å². The first-order valence-corrected chi connectivity index (χ1v) is 6.96. The molecule has 1 aromatic rings. The lowest BCUT2D eigenvalue weighted by Crippen LogP contribution is -2.25. The average molecular weight is 268 g/mol. The number of nitrogens with zero attached hydrogens (tertiary/aromatic N) is 4. The molecule has 1 unspecified atom stereocenters. The number of rotatable bonds is 3. The van der Waals surface area contributed by atoms with E-state index in [4.69, 9.17) is 0 Å². The summed E-state index contributed by atoms with van der Waals surface area (Å²) in [6, 6.07) is 10.2. The first kappa shape index (κ1) is 12.0. The first-order valence-electron chi connectivity index (χ1n) is 5.97. The van der Waals surface area contributed by atoms with Gasteiger partial charge in [0.2, 0.25) is 0 Å². The van der Waals surface area contributed by atoms with E-state index in [1.165, 1.54) is 5.56 Å². The van der Waals surface area contributed by atoms with Crippen molar-refractivity contribution in [1.82, 2.24) is 0 Å². The summed E-state index contributed by atoms with van der Waals surface area (Å²) in [5, 5.41) is 0.959. The Labute approximate surface area is 115 Å². The molecule has 0 aliphatic carbocycles. The third-order valence-electron chi connectivity index (χ3n) is 2.70. The average Bonchev–Trinajstić information content (AvgIpc) is 2.94. The molecule has 1 atom stereocenters. The normalized spacial score (nSPS) is 20.5. The maximum absolute atomic E-state index is 4.28. The molecule has 0 radical (unpaired) electrons. The minimum absolute atomic E-state index is 0.0832. The van der Waals surface area contributed by atoms with Crippen molar-refractivity contribution in [2.45, 2.75) is 6.04 Å². The van der Waals surface area contributed by atoms with Crippen molar-refractivity contribution >= 4 is 41.4 Å². The minimum atomic E-state index is -0.0832. The van der Waals surface area contributed by atoms with Gasteiger partial charge in [0.15, 0.2) is 11.9 Å². The maximum atomic E-state index is 4.28. The molecule has 4 nitrogen and oxygen atoms in total. The van der Waals surface area contributed by atoms with Gasteiger partial charge in [-0.05, 0) is 5.56 Å². The molecular formula is C14H12N4S. The first-order chi connectivity index (χ1) is 9.43. The number of hydrogen-bond acceptors (Lipinski definition) is 5. The van der Waals surface area contributed by atoms with Gasteiger partial charge in [0.1, 0.15) is 17.7 Å². The van der Waals surface area contributed by atoms with Crippen LogP contribution in [0.25, 0.3) is 6.08 Å². The second-order valence-electron chi connectivity index (χ2n) is 3.99. The van der Waals surface area contributed by atoms with Gasteiger partial charge in [-0.15, -0.1) is 11.8 Å². The van der Waals surface area contributed by atoms with Gasteiger partial charge < -0.3 is 0 Å². The van der Waals surface area contributed by atoms with Gasteiger partial charge in [-0.3, -0.25) is 4.99 Å². The number of fused-ring (bicyclic) bond motifs is 1. The fourth-order valence-electron chi connectivity index (χ4n) is 1.79. The van der Waals surface area contributed by atoms with Crippen LogP contribution in [-0.4, -0.2) is 35.4 Å². The Bertz CT molecular complexity index is 599. The van der Waals surface area contributed by atoms with Crippen molar-refractivity contribution in [2.24, 2.45) is 20.0 Å². The van der Waals surface area contributed by atoms with Crippen molar-refractivity contribution in [2.75, 3.05) is 5.75 Å². The number of aliphatic imine (C=N–C) groups is 4. The summed E-state index contributed by atoms with van der Waals surface area (Å²) in [5.41, 5.74) is 1.20. The minimum Gasteiger partial charge on any atom is -0.255 e. The summed E-state index contributed by atoms with van der Waals surface area (Å²) in [7, 11) is 0. The van der Waals surface area contributed by atoms with Crippen LogP contribution < -0.4 is 0 Å². The molecule has 0 fully saturated rings. The van der Waals surface area contributed by atoms with E-state index in [-0.39, 0.29) is 6.04 Å². The highest BCUT2D eigenvalue weighted by Crippen LogP contribution is 2.18. The molecule has 0 bridgehead atoms. The van der Waals surface area contributed by atoms with E-state index in [2.05, 4.69) is 44.3 Å². The van der Waals surface area contributed by atoms with Crippen LogP contribution in [0.1, 0.15) is 5.56 Å². The molecule has 2 heterocycles. The highest BCUT2D eigenvalue weighted by atomic mass is 32.2. The van der Waals surface area contributed by atoms with Crippen LogP contribution in [0.5, 0.6) is 0 Å². The van der Waals surface area contributed by atoms with E-state index in [0.29, 0.717) is 0 Å². The topological polar surface area (TPSA) is 49.4 Å². The zero-order chi connectivity index (χ0) is 12.9. The molecule has 0 amide bonds. The molecule has 3 rings (SSSR count). The van der Waals surface area contributed by atoms with Crippen LogP contribution in [0.15, 0.2) is 56.4 Å². The van der Waals surface area contributed by atoms with Crippen molar-refractivity contribution < 1.29 is 0 Å². The molecule has 0 aromatic heterocycles. The number of thioether (sulfide) groups is 1. The van der Waals surface area contributed by atoms with Crippen LogP contribution in [0.2, 0.25) is 0 Å². The van der Waals surface area contributed by atoms with E-state index in [1.54, 1.807) is 24.4 Å². The smallest absolute Gasteiger partial charge is 0.163 e. The van der Waals surface area contributed by atoms with Crippen LogP contribution >= 0.6 is 11.8 Å². The van der Waals surface area contributed by atoms with Gasteiger partial charge in [-0.25, -0.2) is 15.0 Å². The van der Waals surface area contributed by atoms with Crippen LogP contribution in [0.3, 0.4) is 0 Å². The summed E-state index contributed by atoms with van der Waals surface area (Å²) in [4.78, 5) is 16.7. The second-order valence-corrected chi connectivity index (χ2v) is 5.03. The third kappa shape index (κ3) is 2.88. The van der Waals surface area contributed by atoms with Crippen LogP contribution in [-0.2, 0) is 0 Å². The zero-order valence-electron chi connectivity index (χ0n) is 10.2. The Balaban J connectivity index is 1.57. The summed E-state index contributed by atoms with van der Waals surface area (Å²) >= 11 is 1.67. The molecular weight excluding hydrogens is 256 g/mol. The molecule has 0 spiro atoms. The van der Waals surface area contributed by atoms with E-state index >= 15 is 0 Å². The number of amidine groups is 1. The molecule has 5 heteroatoms. The largest absolute Gasteiger partial charge is 0.255 e. The number of benzene rings is 1. The van der Waals surface area contributed by atoms with E-state index in [0.717, 1.165) is 16.6 Å². The fourth-order valence-corrected chi connectivity index (χ4v) is 2.60. The molecule has 2 aliphatic rings. The summed E-state index contributed by atoms with van der Waals surface area (Å²) in [6.45, 7) is 0. The Morgan fingerprint density at radius 1 is 1.11 bits per heavy atom. The standard InChI is InChI=1S/C14H12N4S/c1-2-5-11(6-3-1)7-4-8-19-14-12-13(16-9-15-12)17-10-18-14/h1-7,9-10,12H,8H2/b7-4+. The van der Waals surface area contributed by atoms with Gasteiger partial charge in [0, 0.05) is 5.75 Å². The highest BCUT2D eigenvalue weighted by molar-refractivity contribution is 8.14. The Morgan fingerprint density at radius 3 is 2.89 bits per heavy atom. The van der Waals surface area contributed by atoms with Crippen molar-refractivity contribution in [3.8, 4) is 0 Å². The predicted octanol–water partition coefficient (Wildman–Crippen LogP) is 2.68. The molecule has 1 aromatic carbocycles. The molecule has 0 saturated heterocycles. The van der Waals surface area contributed by atoms with Gasteiger partial charge >= 0.3 is 0 Å². The van der Waals surface area contributed by atoms with E-state index in [9.17, 15) is 0 Å². The molecule has 94 valence electrons. The molecule has 0 saturated carbocycles. The van der Waals surface area contributed by atoms with Crippen LogP contribution in [0, 0.1) is 0 Å². The van der Waals surface area contributed by atoms with Crippen LogP contribution in [0.4, 0.5) is 0 Å². The quantitative estimate of drug-likeness (QED) is 0.831. The van der Waals surface area contributed by atoms with Crippen molar-refractivity contribution in [1.29, 1.82) is 0 Å². The van der Waals surface area contributed by atoms with Gasteiger partial charge in [-0.1, -0.05) is 42.5 Å². The number of hydrogen-bond donors (Lipinski definition) is 0. The lowest BCUT2D eigenvalue weighted by molar-refractivity contribution is 1.16. The second kappa shape index (κ2) is 5.75. The summed E-state index contributed by atoms with van der Waals surface area (Å²) in [6.07, 6.45) is 7.34. The Kier molecular flexibility index (Phi) is 3.65. The van der Waals surface area contributed by atoms with Crippen molar-refractivity contribution in [3.63, 3.8) is 0 Å².